The van der Waals surface area contributed by atoms with Gasteiger partial charge in [0.25, 0.3) is 5.56 Å². The van der Waals surface area contributed by atoms with E-state index in [1.54, 1.807) is 0 Å². The number of amides is 1. The van der Waals surface area contributed by atoms with Gasteiger partial charge in [-0.2, -0.15) is 4.98 Å². The standard InChI is InChI=1S/C22H28N4O2/c1-3-18(22(28)23-16-10-6-4-5-7-11-16)26-19-13-9-8-12-17(19)21-24-20(27)14-15(2)25(21)26/h8-9,12-14,16,18H,3-7,10-11H2,1-2H3,(H,23,28). The van der Waals surface area contributed by atoms with Crippen LogP contribution < -0.4 is 10.9 Å². The van der Waals surface area contributed by atoms with E-state index < -0.39 is 0 Å². The van der Waals surface area contributed by atoms with Gasteiger partial charge in [-0.3, -0.25) is 14.3 Å². The van der Waals surface area contributed by atoms with Crippen LogP contribution >= 0.6 is 0 Å². The highest BCUT2D eigenvalue weighted by Gasteiger charge is 2.26. The number of fused-ring (bicyclic) bond motifs is 3. The normalized spacial score (nSPS) is 16.9. The number of hydrogen-bond donors (Lipinski definition) is 1. The third kappa shape index (κ3) is 3.32. The zero-order valence-corrected chi connectivity index (χ0v) is 16.6. The van der Waals surface area contributed by atoms with Crippen molar-refractivity contribution in [3.05, 3.63) is 46.4 Å². The summed E-state index contributed by atoms with van der Waals surface area (Å²) in [5, 5.41) is 4.20. The maximum atomic E-state index is 13.3. The van der Waals surface area contributed by atoms with E-state index in [1.807, 2.05) is 47.3 Å². The van der Waals surface area contributed by atoms with Crippen LogP contribution in [0.5, 0.6) is 0 Å². The van der Waals surface area contributed by atoms with Crippen molar-refractivity contribution in [2.45, 2.75) is 70.9 Å². The molecule has 6 heteroatoms. The van der Waals surface area contributed by atoms with E-state index in [1.165, 1.54) is 31.7 Å². The lowest BCUT2D eigenvalue weighted by Crippen LogP contribution is -2.40. The molecular formula is C22H28N4O2. The summed E-state index contributed by atoms with van der Waals surface area (Å²) in [6.07, 6.45) is 7.66. The molecule has 1 atom stereocenters. The topological polar surface area (TPSA) is 68.4 Å². The van der Waals surface area contributed by atoms with E-state index in [4.69, 9.17) is 0 Å². The number of benzene rings is 1. The van der Waals surface area contributed by atoms with Crippen molar-refractivity contribution in [3.63, 3.8) is 0 Å². The minimum absolute atomic E-state index is 0.0511. The van der Waals surface area contributed by atoms with E-state index in [2.05, 4.69) is 10.3 Å². The SMILES string of the molecule is CCC(C(=O)NC1CCCCCC1)n1c2ccccc2c2nc(=O)cc(C)n21. The van der Waals surface area contributed by atoms with Crippen LogP contribution in [0.4, 0.5) is 0 Å². The van der Waals surface area contributed by atoms with E-state index in [0.717, 1.165) is 29.4 Å². The highest BCUT2D eigenvalue weighted by atomic mass is 16.2. The molecule has 1 aromatic carbocycles. The number of carbonyl (C=O) groups excluding carboxylic acids is 1. The molecule has 1 unspecified atom stereocenters. The number of carbonyl (C=O) groups is 1. The zero-order chi connectivity index (χ0) is 19.7. The van der Waals surface area contributed by atoms with Gasteiger partial charge in [0.15, 0.2) is 5.65 Å². The molecule has 1 saturated carbocycles. The second-order valence-electron chi connectivity index (χ2n) is 7.85. The summed E-state index contributed by atoms with van der Waals surface area (Å²) in [7, 11) is 0. The molecule has 2 aromatic heterocycles. The van der Waals surface area contributed by atoms with Crippen molar-refractivity contribution in [2.75, 3.05) is 0 Å². The number of aryl methyl sites for hydroxylation is 1. The van der Waals surface area contributed by atoms with E-state index in [9.17, 15) is 9.59 Å². The number of para-hydroxylation sites is 1. The summed E-state index contributed by atoms with van der Waals surface area (Å²) in [6, 6.07) is 9.29. The molecule has 1 aliphatic carbocycles. The monoisotopic (exact) mass is 380 g/mol. The average Bonchev–Trinajstić information content (AvgIpc) is 2.82. The number of rotatable bonds is 4. The molecule has 1 aliphatic rings. The predicted molar refractivity (Wildman–Crippen MR) is 111 cm³/mol. The second-order valence-corrected chi connectivity index (χ2v) is 7.85. The molecule has 6 nitrogen and oxygen atoms in total. The fourth-order valence-corrected chi connectivity index (χ4v) is 4.51. The number of hydrogen-bond acceptors (Lipinski definition) is 3. The Kier molecular flexibility index (Phi) is 5.20. The number of nitrogens with zero attached hydrogens (tertiary/aromatic N) is 3. The third-order valence-corrected chi connectivity index (χ3v) is 5.88. The minimum Gasteiger partial charge on any atom is -0.352 e. The molecular weight excluding hydrogens is 352 g/mol. The first-order valence-corrected chi connectivity index (χ1v) is 10.4. The van der Waals surface area contributed by atoms with Crippen LogP contribution in [-0.4, -0.2) is 26.1 Å². The van der Waals surface area contributed by atoms with Crippen molar-refractivity contribution in [1.29, 1.82) is 0 Å². The molecule has 4 rings (SSSR count). The third-order valence-electron chi connectivity index (χ3n) is 5.88. The van der Waals surface area contributed by atoms with Gasteiger partial charge < -0.3 is 5.32 Å². The van der Waals surface area contributed by atoms with Crippen LogP contribution in [0.25, 0.3) is 16.6 Å². The van der Waals surface area contributed by atoms with Crippen LogP contribution in [-0.2, 0) is 4.79 Å². The van der Waals surface area contributed by atoms with Crippen molar-refractivity contribution in [1.82, 2.24) is 19.5 Å². The Morgan fingerprint density at radius 2 is 1.93 bits per heavy atom. The van der Waals surface area contributed by atoms with Gasteiger partial charge in [0.2, 0.25) is 5.91 Å². The van der Waals surface area contributed by atoms with Crippen molar-refractivity contribution < 1.29 is 4.79 Å². The lowest BCUT2D eigenvalue weighted by atomic mass is 10.1. The molecule has 0 saturated heterocycles. The molecule has 1 fully saturated rings. The molecule has 2 heterocycles. The minimum atomic E-state index is -0.353. The Hall–Kier alpha value is -2.63. The molecule has 148 valence electrons. The highest BCUT2D eigenvalue weighted by molar-refractivity contribution is 5.94. The maximum Gasteiger partial charge on any atom is 0.273 e. The number of nitrogens with one attached hydrogen (secondary N) is 1. The molecule has 1 amide bonds. The average molecular weight is 380 g/mol. The van der Waals surface area contributed by atoms with Gasteiger partial charge in [0, 0.05) is 23.2 Å². The van der Waals surface area contributed by atoms with Gasteiger partial charge in [0.1, 0.15) is 6.04 Å². The fraction of sp³-hybridized carbons (Fsp3) is 0.500. The molecule has 0 bridgehead atoms. The van der Waals surface area contributed by atoms with Gasteiger partial charge in [0.05, 0.1) is 5.52 Å². The Labute approximate surface area is 164 Å². The highest BCUT2D eigenvalue weighted by Crippen LogP contribution is 2.27. The van der Waals surface area contributed by atoms with Crippen LogP contribution in [0.15, 0.2) is 35.1 Å². The molecule has 0 spiro atoms. The molecule has 0 radical (unpaired) electrons. The van der Waals surface area contributed by atoms with Crippen molar-refractivity contribution in [2.24, 2.45) is 0 Å². The Morgan fingerprint density at radius 3 is 2.64 bits per heavy atom. The first-order chi connectivity index (χ1) is 13.6. The molecule has 0 aliphatic heterocycles. The quantitative estimate of drug-likeness (QED) is 0.701. The van der Waals surface area contributed by atoms with Crippen LogP contribution in [0.3, 0.4) is 0 Å². The van der Waals surface area contributed by atoms with E-state index in [0.29, 0.717) is 12.1 Å². The summed E-state index contributed by atoms with van der Waals surface area (Å²) < 4.78 is 3.94. The van der Waals surface area contributed by atoms with Crippen LogP contribution in [0.1, 0.15) is 63.6 Å². The summed E-state index contributed by atoms with van der Waals surface area (Å²) in [5.74, 6) is 0.0511. The fourth-order valence-electron chi connectivity index (χ4n) is 4.51. The lowest BCUT2D eigenvalue weighted by Gasteiger charge is -2.24. The van der Waals surface area contributed by atoms with Gasteiger partial charge in [-0.05, 0) is 38.3 Å². The van der Waals surface area contributed by atoms with Crippen LogP contribution in [0.2, 0.25) is 0 Å². The smallest absolute Gasteiger partial charge is 0.273 e. The van der Waals surface area contributed by atoms with E-state index in [-0.39, 0.29) is 23.6 Å². The van der Waals surface area contributed by atoms with Gasteiger partial charge >= 0.3 is 0 Å². The van der Waals surface area contributed by atoms with Gasteiger partial charge in [-0.25, -0.2) is 4.52 Å². The Bertz CT molecular complexity index is 1060. The first kappa shape index (κ1) is 18.7. The number of aromatic nitrogens is 3. The zero-order valence-electron chi connectivity index (χ0n) is 16.6. The van der Waals surface area contributed by atoms with Crippen molar-refractivity contribution >= 4 is 22.5 Å². The molecule has 3 aromatic rings. The van der Waals surface area contributed by atoms with Crippen LogP contribution in [0, 0.1) is 6.92 Å². The van der Waals surface area contributed by atoms with Crippen molar-refractivity contribution in [3.8, 4) is 0 Å². The summed E-state index contributed by atoms with van der Waals surface area (Å²) >= 11 is 0. The van der Waals surface area contributed by atoms with Gasteiger partial charge in [-0.15, -0.1) is 0 Å². The second kappa shape index (κ2) is 7.78. The van der Waals surface area contributed by atoms with Gasteiger partial charge in [-0.1, -0.05) is 44.7 Å². The first-order valence-electron chi connectivity index (χ1n) is 10.4. The Morgan fingerprint density at radius 1 is 1.21 bits per heavy atom. The van der Waals surface area contributed by atoms with E-state index >= 15 is 0 Å². The molecule has 1 N–H and O–H groups in total. The maximum absolute atomic E-state index is 13.3. The summed E-state index contributed by atoms with van der Waals surface area (Å²) in [4.78, 5) is 29.5. The summed E-state index contributed by atoms with van der Waals surface area (Å²) in [5.41, 5.74) is 2.07. The lowest BCUT2D eigenvalue weighted by molar-refractivity contribution is -0.125. The summed E-state index contributed by atoms with van der Waals surface area (Å²) in [6.45, 7) is 3.92. The predicted octanol–water partition coefficient (Wildman–Crippen LogP) is 3.75. The largest absolute Gasteiger partial charge is 0.352 e. The Balaban J connectivity index is 1.81. The molecule has 28 heavy (non-hydrogen) atoms.